The number of carbonyl (C=O) groups is 2. The van der Waals surface area contributed by atoms with Gasteiger partial charge in [-0.2, -0.15) is 13.2 Å². The number of carbonyl (C=O) groups excluding carboxylic acids is 1. The van der Waals surface area contributed by atoms with Crippen molar-refractivity contribution >= 4 is 39.5 Å². The van der Waals surface area contributed by atoms with Crippen molar-refractivity contribution in [3.8, 4) is 0 Å². The fourth-order valence-electron chi connectivity index (χ4n) is 4.21. The van der Waals surface area contributed by atoms with Crippen LogP contribution >= 0.6 is 0 Å². The van der Waals surface area contributed by atoms with Crippen molar-refractivity contribution in [2.24, 2.45) is 5.92 Å². The molecule has 182 valence electrons. The van der Waals surface area contributed by atoms with Gasteiger partial charge in [-0.05, 0) is 42.2 Å². The molecule has 2 atom stereocenters. The molecule has 1 fully saturated rings. The van der Waals surface area contributed by atoms with E-state index >= 15 is 0 Å². The Labute approximate surface area is 193 Å². The van der Waals surface area contributed by atoms with Crippen molar-refractivity contribution in [3.05, 3.63) is 42.0 Å². The molecule has 4 rings (SSSR count). The van der Waals surface area contributed by atoms with Crippen molar-refractivity contribution in [2.45, 2.75) is 38.5 Å². The van der Waals surface area contributed by atoms with Gasteiger partial charge in [0.05, 0.1) is 6.61 Å². The zero-order chi connectivity index (χ0) is 24.6. The van der Waals surface area contributed by atoms with Crippen LogP contribution in [0.2, 0.25) is 0 Å². The summed E-state index contributed by atoms with van der Waals surface area (Å²) >= 11 is 0. The normalized spacial score (nSPS) is 17.0. The van der Waals surface area contributed by atoms with Crippen LogP contribution in [0.3, 0.4) is 0 Å². The number of fused-ring (bicyclic) bond motifs is 3. The second kappa shape index (κ2) is 9.27. The van der Waals surface area contributed by atoms with E-state index in [1.165, 1.54) is 18.2 Å². The number of carboxylic acids is 1. The summed E-state index contributed by atoms with van der Waals surface area (Å²) in [4.78, 5) is 25.3. The lowest BCUT2D eigenvalue weighted by Crippen LogP contribution is -2.45. The van der Waals surface area contributed by atoms with Gasteiger partial charge in [0.25, 0.3) is 5.91 Å². The average molecular weight is 478 g/mol. The quantitative estimate of drug-likeness (QED) is 0.514. The molecule has 7 nitrogen and oxygen atoms in total. The molecule has 0 bridgehead atoms. The molecule has 2 N–H and O–H groups in total. The number of morpholine rings is 1. The molecule has 1 aliphatic rings. The van der Waals surface area contributed by atoms with Crippen LogP contribution in [0.15, 0.2) is 40.8 Å². The number of amides is 1. The molecule has 1 amide bonds. The van der Waals surface area contributed by atoms with E-state index in [2.05, 4.69) is 5.32 Å². The van der Waals surface area contributed by atoms with Crippen molar-refractivity contribution < 1.29 is 37.0 Å². The Balaban J connectivity index is 1.71. The Morgan fingerprint density at radius 1 is 1.15 bits per heavy atom. The van der Waals surface area contributed by atoms with E-state index in [4.69, 9.17) is 9.15 Å². The van der Waals surface area contributed by atoms with Crippen LogP contribution in [0.4, 0.5) is 18.9 Å². The summed E-state index contributed by atoms with van der Waals surface area (Å²) in [5.74, 6) is -1.61. The van der Waals surface area contributed by atoms with E-state index in [1.54, 1.807) is 36.9 Å². The van der Waals surface area contributed by atoms with E-state index in [1.807, 2.05) is 0 Å². The predicted molar refractivity (Wildman–Crippen MR) is 120 cm³/mol. The van der Waals surface area contributed by atoms with Gasteiger partial charge in [0.2, 0.25) is 0 Å². The number of ether oxygens (including phenoxy) is 1. The third-order valence-electron chi connectivity index (χ3n) is 5.81. The van der Waals surface area contributed by atoms with Gasteiger partial charge in [0.15, 0.2) is 0 Å². The number of benzene rings is 2. The minimum absolute atomic E-state index is 0.00644. The molecule has 34 heavy (non-hydrogen) atoms. The van der Waals surface area contributed by atoms with Gasteiger partial charge in [-0.15, -0.1) is 0 Å². The van der Waals surface area contributed by atoms with Crippen LogP contribution in [0, 0.1) is 5.92 Å². The lowest BCUT2D eigenvalue weighted by molar-refractivity contribution is -0.163. The van der Waals surface area contributed by atoms with Crippen molar-refractivity contribution in [2.75, 3.05) is 24.7 Å². The Bertz CT molecular complexity index is 1220. The van der Waals surface area contributed by atoms with Crippen LogP contribution in [-0.4, -0.2) is 49.0 Å². The van der Waals surface area contributed by atoms with Crippen LogP contribution in [-0.2, 0) is 14.3 Å². The molecular weight excluding hydrogens is 453 g/mol. The smallest absolute Gasteiger partial charge is 0.407 e. The number of halogens is 3. The number of furan rings is 1. The molecule has 0 spiro atoms. The molecule has 1 unspecified atom stereocenters. The van der Waals surface area contributed by atoms with Gasteiger partial charge >= 0.3 is 12.1 Å². The number of rotatable bonds is 7. The number of nitrogens with zero attached hydrogens (tertiary/aromatic N) is 1. The summed E-state index contributed by atoms with van der Waals surface area (Å²) < 4.78 is 52.8. The zero-order valence-electron chi connectivity index (χ0n) is 18.7. The number of hydrogen-bond acceptors (Lipinski definition) is 5. The minimum Gasteiger partial charge on any atom is -0.480 e. The highest BCUT2D eigenvalue weighted by Crippen LogP contribution is 2.38. The first-order chi connectivity index (χ1) is 16.0. The van der Waals surface area contributed by atoms with E-state index < -0.39 is 24.2 Å². The first kappa shape index (κ1) is 24.0. The topological polar surface area (TPSA) is 92.0 Å². The van der Waals surface area contributed by atoms with Gasteiger partial charge in [-0.3, -0.25) is 14.9 Å². The zero-order valence-corrected chi connectivity index (χ0v) is 18.7. The predicted octanol–water partition coefficient (Wildman–Crippen LogP) is 4.64. The maximum Gasteiger partial charge on any atom is 0.407 e. The summed E-state index contributed by atoms with van der Waals surface area (Å²) in [6.07, 6.45) is -4.66. The highest BCUT2D eigenvalue weighted by Gasteiger charge is 2.43. The molecule has 1 aromatic heterocycles. The lowest BCUT2D eigenvalue weighted by atomic mass is 9.99. The molecular formula is C24H25F3N2O5. The van der Waals surface area contributed by atoms with Gasteiger partial charge in [-0.1, -0.05) is 26.0 Å². The minimum atomic E-state index is -4.71. The summed E-state index contributed by atoms with van der Waals surface area (Å²) in [6, 6.07) is 5.77. The molecule has 2 aromatic carbocycles. The SMILES string of the molecule is CC(C)C[C@H](NC(c1ccc2c(c1)oc1ccc(N3CCOCC3=O)cc12)C(F)(F)F)C(=O)O. The van der Waals surface area contributed by atoms with Crippen molar-refractivity contribution in [1.29, 1.82) is 0 Å². The maximum atomic E-state index is 13.9. The Kier molecular flexibility index (Phi) is 6.55. The number of hydrogen-bond donors (Lipinski definition) is 2. The molecule has 0 aliphatic carbocycles. The van der Waals surface area contributed by atoms with E-state index in [0.29, 0.717) is 35.2 Å². The first-order valence-electron chi connectivity index (χ1n) is 10.9. The lowest BCUT2D eigenvalue weighted by Gasteiger charge is -2.27. The molecule has 10 heteroatoms. The fourth-order valence-corrected chi connectivity index (χ4v) is 4.21. The van der Waals surface area contributed by atoms with Gasteiger partial charge < -0.3 is 19.2 Å². The van der Waals surface area contributed by atoms with Crippen molar-refractivity contribution in [3.63, 3.8) is 0 Å². The molecule has 0 radical (unpaired) electrons. The summed E-state index contributed by atoms with van der Waals surface area (Å²) in [5, 5.41) is 13.0. The number of aliphatic carboxylic acids is 1. The van der Waals surface area contributed by atoms with Gasteiger partial charge in [0, 0.05) is 23.0 Å². The summed E-state index contributed by atoms with van der Waals surface area (Å²) in [7, 11) is 0. The Morgan fingerprint density at radius 3 is 2.56 bits per heavy atom. The van der Waals surface area contributed by atoms with Crippen LogP contribution < -0.4 is 10.2 Å². The van der Waals surface area contributed by atoms with Crippen LogP contribution in [0.1, 0.15) is 31.9 Å². The third kappa shape index (κ3) is 4.88. The Hall–Kier alpha value is -3.11. The highest BCUT2D eigenvalue weighted by molar-refractivity contribution is 6.07. The second-order valence-electron chi connectivity index (χ2n) is 8.80. The largest absolute Gasteiger partial charge is 0.480 e. The van der Waals surface area contributed by atoms with Gasteiger partial charge in [0.1, 0.15) is 29.9 Å². The van der Waals surface area contributed by atoms with E-state index in [9.17, 15) is 27.9 Å². The number of nitrogens with one attached hydrogen (secondary N) is 1. The molecule has 1 aliphatic heterocycles. The fraction of sp³-hybridized carbons (Fsp3) is 0.417. The standard InChI is InChI=1S/C24H25F3N2O5/c1-13(2)9-18(23(31)32)28-22(24(25,26)27)14-3-5-16-17-11-15(29-7-8-33-12-21(29)30)4-6-19(17)34-20(16)10-14/h3-6,10-11,13,18,22,28H,7-9,12H2,1-2H3,(H,31,32)/t18-,22?/m0/s1. The van der Waals surface area contributed by atoms with E-state index in [0.717, 1.165) is 0 Å². The molecule has 2 heterocycles. The first-order valence-corrected chi connectivity index (χ1v) is 10.9. The molecule has 1 saturated heterocycles. The summed E-state index contributed by atoms with van der Waals surface area (Å²) in [5.41, 5.74) is 1.22. The third-order valence-corrected chi connectivity index (χ3v) is 5.81. The molecule has 3 aromatic rings. The summed E-state index contributed by atoms with van der Waals surface area (Å²) in [6.45, 7) is 4.32. The highest BCUT2D eigenvalue weighted by atomic mass is 19.4. The average Bonchev–Trinajstić information content (AvgIpc) is 3.12. The monoisotopic (exact) mass is 478 g/mol. The maximum absolute atomic E-state index is 13.9. The number of alkyl halides is 3. The van der Waals surface area contributed by atoms with Crippen molar-refractivity contribution in [1.82, 2.24) is 5.32 Å². The second-order valence-corrected chi connectivity index (χ2v) is 8.80. The van der Waals surface area contributed by atoms with Crippen LogP contribution in [0.5, 0.6) is 0 Å². The van der Waals surface area contributed by atoms with Crippen LogP contribution in [0.25, 0.3) is 21.9 Å². The van der Waals surface area contributed by atoms with E-state index in [-0.39, 0.29) is 36.0 Å². The number of anilines is 1. The Morgan fingerprint density at radius 2 is 1.91 bits per heavy atom. The molecule has 0 saturated carbocycles. The van der Waals surface area contributed by atoms with Gasteiger partial charge in [-0.25, -0.2) is 0 Å². The number of carboxylic acid groups (broad SMARTS) is 1.